The number of rotatable bonds is 6. The van der Waals surface area contributed by atoms with E-state index in [-0.39, 0.29) is 17.7 Å². The van der Waals surface area contributed by atoms with Crippen LogP contribution in [0.4, 0.5) is 4.39 Å². The Morgan fingerprint density at radius 1 is 1.12 bits per heavy atom. The highest BCUT2D eigenvalue weighted by Crippen LogP contribution is 2.16. The van der Waals surface area contributed by atoms with Crippen LogP contribution in [0.1, 0.15) is 19.4 Å². The maximum atomic E-state index is 13.0. The average Bonchev–Trinajstić information content (AvgIpc) is 2.96. The van der Waals surface area contributed by atoms with Crippen molar-refractivity contribution in [1.82, 2.24) is 14.7 Å². The summed E-state index contributed by atoms with van der Waals surface area (Å²) in [7, 11) is 0. The zero-order chi connectivity index (χ0) is 17.8. The summed E-state index contributed by atoms with van der Waals surface area (Å²) in [5.74, 6) is -0.689. The molecule has 0 N–H and O–H groups in total. The van der Waals surface area contributed by atoms with Crippen molar-refractivity contribution in [3.63, 3.8) is 0 Å². The fourth-order valence-electron chi connectivity index (χ4n) is 2.49. The minimum atomic E-state index is -0.530. The molecule has 3 rings (SSSR count). The molecule has 0 radical (unpaired) electrons. The molecular formula is C19H20FN3O2. The number of benzene rings is 2. The number of halogens is 1. The fourth-order valence-corrected chi connectivity index (χ4v) is 2.49. The third-order valence-corrected chi connectivity index (χ3v) is 3.97. The summed E-state index contributed by atoms with van der Waals surface area (Å²) in [4.78, 5) is 14.2. The van der Waals surface area contributed by atoms with Gasteiger partial charge < -0.3 is 4.42 Å². The smallest absolute Gasteiger partial charge is 0.388 e. The number of hydrogen-bond donors (Lipinski definition) is 0. The van der Waals surface area contributed by atoms with Crippen molar-refractivity contribution >= 4 is 0 Å². The van der Waals surface area contributed by atoms with Crippen molar-refractivity contribution in [1.29, 1.82) is 0 Å². The highest BCUT2D eigenvalue weighted by Gasteiger charge is 2.16. The zero-order valence-corrected chi connectivity index (χ0v) is 14.2. The van der Waals surface area contributed by atoms with Crippen molar-refractivity contribution < 1.29 is 8.81 Å². The third kappa shape index (κ3) is 4.22. The Hall–Kier alpha value is -2.73. The molecule has 0 saturated carbocycles. The zero-order valence-electron chi connectivity index (χ0n) is 14.2. The molecule has 25 heavy (non-hydrogen) atoms. The van der Waals surface area contributed by atoms with Gasteiger partial charge >= 0.3 is 5.76 Å². The van der Waals surface area contributed by atoms with Crippen molar-refractivity contribution in [2.24, 2.45) is 0 Å². The molecule has 6 heteroatoms. The normalized spacial score (nSPS) is 11.4. The molecule has 5 nitrogen and oxygen atoms in total. The molecule has 1 heterocycles. The highest BCUT2D eigenvalue weighted by molar-refractivity contribution is 5.51. The molecule has 0 spiro atoms. The Morgan fingerprint density at radius 3 is 2.44 bits per heavy atom. The van der Waals surface area contributed by atoms with E-state index in [2.05, 4.69) is 23.8 Å². The van der Waals surface area contributed by atoms with Gasteiger partial charge in [-0.15, -0.1) is 5.10 Å². The lowest BCUT2D eigenvalue weighted by Crippen LogP contribution is -2.35. The predicted molar refractivity (Wildman–Crippen MR) is 93.3 cm³/mol. The molecule has 0 aliphatic carbocycles. The Morgan fingerprint density at radius 2 is 1.80 bits per heavy atom. The van der Waals surface area contributed by atoms with Crippen LogP contribution in [0.3, 0.4) is 0 Å². The van der Waals surface area contributed by atoms with Gasteiger partial charge in [0.15, 0.2) is 0 Å². The summed E-state index contributed by atoms with van der Waals surface area (Å²) in [5.41, 5.74) is 1.72. The van der Waals surface area contributed by atoms with E-state index >= 15 is 0 Å². The maximum absolute atomic E-state index is 13.0. The van der Waals surface area contributed by atoms with Crippen LogP contribution in [0.15, 0.2) is 63.8 Å². The number of hydrogen-bond acceptors (Lipinski definition) is 4. The quantitative estimate of drug-likeness (QED) is 0.688. The molecule has 1 aromatic heterocycles. The standard InChI is InChI=1S/C19H20FN3O2/c1-14(2)22(12-15-6-4-3-5-7-15)13-23-19(24)25-18(21-23)16-8-10-17(20)11-9-16/h3-11,14H,12-13H2,1-2H3. The molecule has 0 fully saturated rings. The van der Waals surface area contributed by atoms with Gasteiger partial charge in [-0.25, -0.2) is 9.18 Å². The largest absolute Gasteiger partial charge is 0.438 e. The Bertz CT molecular complexity index is 870. The van der Waals surface area contributed by atoms with Gasteiger partial charge in [0.2, 0.25) is 5.89 Å². The van der Waals surface area contributed by atoms with E-state index in [0.717, 1.165) is 5.56 Å². The fraction of sp³-hybridized carbons (Fsp3) is 0.263. The molecule has 0 bridgehead atoms. The van der Waals surface area contributed by atoms with Crippen LogP contribution >= 0.6 is 0 Å². The van der Waals surface area contributed by atoms with Gasteiger partial charge in [0.25, 0.3) is 0 Å². The van der Waals surface area contributed by atoms with Gasteiger partial charge in [0, 0.05) is 18.2 Å². The third-order valence-electron chi connectivity index (χ3n) is 3.97. The summed E-state index contributed by atoms with van der Waals surface area (Å²) in [5, 5.41) is 4.25. The summed E-state index contributed by atoms with van der Waals surface area (Å²) >= 11 is 0. The van der Waals surface area contributed by atoms with Crippen LogP contribution in [-0.4, -0.2) is 20.7 Å². The predicted octanol–water partition coefficient (Wildman–Crippen LogP) is 3.51. The lowest BCUT2D eigenvalue weighted by Gasteiger charge is -2.25. The van der Waals surface area contributed by atoms with Gasteiger partial charge in [0.1, 0.15) is 12.5 Å². The lowest BCUT2D eigenvalue weighted by atomic mass is 10.2. The van der Waals surface area contributed by atoms with E-state index in [1.54, 1.807) is 0 Å². The second-order valence-electron chi connectivity index (χ2n) is 6.15. The Labute approximate surface area is 145 Å². The molecule has 3 aromatic rings. The average molecular weight is 341 g/mol. The first-order valence-electron chi connectivity index (χ1n) is 8.15. The molecule has 0 amide bonds. The van der Waals surface area contributed by atoms with E-state index in [0.29, 0.717) is 18.8 Å². The molecule has 0 atom stereocenters. The van der Waals surface area contributed by atoms with Crippen LogP contribution in [0.25, 0.3) is 11.5 Å². The van der Waals surface area contributed by atoms with Crippen molar-refractivity contribution in [3.8, 4) is 11.5 Å². The monoisotopic (exact) mass is 341 g/mol. The van der Waals surface area contributed by atoms with E-state index in [4.69, 9.17) is 4.42 Å². The first kappa shape index (κ1) is 17.1. The molecule has 130 valence electrons. The van der Waals surface area contributed by atoms with Gasteiger partial charge in [-0.3, -0.25) is 4.90 Å². The van der Waals surface area contributed by atoms with Gasteiger partial charge in [-0.05, 0) is 43.7 Å². The van der Waals surface area contributed by atoms with Gasteiger partial charge in [-0.1, -0.05) is 30.3 Å². The van der Waals surface area contributed by atoms with E-state index < -0.39 is 5.76 Å². The minimum Gasteiger partial charge on any atom is -0.388 e. The summed E-state index contributed by atoms with van der Waals surface area (Å²) in [6.07, 6.45) is 0. The second kappa shape index (κ2) is 7.44. The summed E-state index contributed by atoms with van der Waals surface area (Å²) in [6.45, 7) is 5.14. The van der Waals surface area contributed by atoms with Gasteiger partial charge in [0.05, 0.1) is 0 Å². The minimum absolute atomic E-state index is 0.188. The van der Waals surface area contributed by atoms with Crippen molar-refractivity contribution in [3.05, 3.63) is 76.5 Å². The van der Waals surface area contributed by atoms with Crippen LogP contribution in [-0.2, 0) is 13.2 Å². The maximum Gasteiger partial charge on any atom is 0.438 e. The molecular weight excluding hydrogens is 321 g/mol. The number of aromatic nitrogens is 2. The topological polar surface area (TPSA) is 51.3 Å². The first-order chi connectivity index (χ1) is 12.0. The Kier molecular flexibility index (Phi) is 5.09. The summed E-state index contributed by atoms with van der Waals surface area (Å²) in [6, 6.07) is 16.0. The first-order valence-corrected chi connectivity index (χ1v) is 8.15. The molecule has 0 unspecified atom stereocenters. The molecule has 2 aromatic carbocycles. The number of nitrogens with zero attached hydrogens (tertiary/aromatic N) is 3. The van der Waals surface area contributed by atoms with Crippen molar-refractivity contribution in [2.75, 3.05) is 0 Å². The van der Waals surface area contributed by atoms with Crippen molar-refractivity contribution in [2.45, 2.75) is 33.1 Å². The molecule has 0 aliphatic rings. The second-order valence-corrected chi connectivity index (χ2v) is 6.15. The molecule has 0 saturated heterocycles. The molecule has 0 aliphatic heterocycles. The highest BCUT2D eigenvalue weighted by atomic mass is 19.1. The summed E-state index contributed by atoms with van der Waals surface area (Å²) < 4.78 is 19.5. The lowest BCUT2D eigenvalue weighted by molar-refractivity contribution is 0.149. The van der Waals surface area contributed by atoms with Crippen LogP contribution in [0.2, 0.25) is 0 Å². The van der Waals surface area contributed by atoms with E-state index in [9.17, 15) is 9.18 Å². The van der Waals surface area contributed by atoms with Crippen LogP contribution in [0, 0.1) is 5.82 Å². The van der Waals surface area contributed by atoms with E-state index in [1.807, 2.05) is 30.3 Å². The van der Waals surface area contributed by atoms with Crippen LogP contribution < -0.4 is 5.76 Å². The van der Waals surface area contributed by atoms with E-state index in [1.165, 1.54) is 28.9 Å². The van der Waals surface area contributed by atoms with Gasteiger partial charge in [-0.2, -0.15) is 4.68 Å². The Balaban J connectivity index is 1.80. The SMILES string of the molecule is CC(C)N(Cc1ccccc1)Cn1nc(-c2ccc(F)cc2)oc1=O. The van der Waals surface area contributed by atoms with Crippen LogP contribution in [0.5, 0.6) is 0 Å².